The van der Waals surface area contributed by atoms with Gasteiger partial charge in [-0.25, -0.2) is 0 Å². The Balaban J connectivity index is 1.32. The van der Waals surface area contributed by atoms with Gasteiger partial charge in [0.25, 0.3) is 5.91 Å². The molecule has 0 bridgehead atoms. The van der Waals surface area contributed by atoms with Gasteiger partial charge in [0.1, 0.15) is 5.69 Å². The summed E-state index contributed by atoms with van der Waals surface area (Å²) in [5, 5.41) is 15.4. The zero-order valence-corrected chi connectivity index (χ0v) is 15.9. The highest BCUT2D eigenvalue weighted by molar-refractivity contribution is 7.98. The lowest BCUT2D eigenvalue weighted by Gasteiger charge is -2.33. The first-order chi connectivity index (χ1) is 13.1. The van der Waals surface area contributed by atoms with Crippen LogP contribution in [0.1, 0.15) is 53.3 Å². The molecule has 2 heterocycles. The Bertz CT molecular complexity index is 918. The van der Waals surface area contributed by atoms with Gasteiger partial charge in [0, 0.05) is 23.6 Å². The summed E-state index contributed by atoms with van der Waals surface area (Å²) in [5.41, 5.74) is 1.56. The predicted molar refractivity (Wildman–Crippen MR) is 101 cm³/mol. The first-order valence-corrected chi connectivity index (χ1v) is 10.1. The number of carbonyl (C=O) groups is 1. The van der Waals surface area contributed by atoms with E-state index in [-0.39, 0.29) is 28.9 Å². The first-order valence-electron chi connectivity index (χ1n) is 8.83. The number of nitrogens with one attached hydrogen (secondary N) is 1. The van der Waals surface area contributed by atoms with Crippen molar-refractivity contribution in [1.29, 1.82) is 0 Å². The molecule has 1 aliphatic rings. The topological polar surface area (TPSA) is 94.1 Å². The van der Waals surface area contributed by atoms with Crippen LogP contribution in [0, 0.1) is 0 Å². The second-order valence-electron chi connectivity index (χ2n) is 6.64. The van der Waals surface area contributed by atoms with E-state index in [0.29, 0.717) is 17.5 Å². The third-order valence-corrected chi connectivity index (χ3v) is 5.69. The number of carbonyl (C=O) groups excluding carboxylic acids is 1. The van der Waals surface area contributed by atoms with Crippen molar-refractivity contribution in [2.24, 2.45) is 0 Å². The van der Waals surface area contributed by atoms with Crippen LogP contribution in [0.4, 0.5) is 0 Å². The Labute approximate surface area is 160 Å². The molecule has 1 fully saturated rings. The summed E-state index contributed by atoms with van der Waals surface area (Å²) in [5.74, 6) is 1.46. The van der Waals surface area contributed by atoms with Crippen molar-refractivity contribution in [3.63, 3.8) is 0 Å². The van der Waals surface area contributed by atoms with Crippen LogP contribution in [0.25, 0.3) is 11.3 Å². The maximum atomic E-state index is 12.4. The van der Waals surface area contributed by atoms with E-state index in [2.05, 4.69) is 20.7 Å². The second kappa shape index (κ2) is 7.56. The van der Waals surface area contributed by atoms with Crippen LogP contribution >= 0.6 is 11.8 Å². The monoisotopic (exact) mass is 384 g/mol. The fraction of sp³-hybridized carbons (Fsp3) is 0.368. The quantitative estimate of drug-likeness (QED) is 0.690. The van der Waals surface area contributed by atoms with E-state index < -0.39 is 0 Å². The fourth-order valence-corrected chi connectivity index (χ4v) is 3.29. The largest absolute Gasteiger partial charge is 0.424 e. The van der Waals surface area contributed by atoms with Crippen LogP contribution in [-0.4, -0.2) is 33.6 Å². The highest BCUT2D eigenvalue weighted by atomic mass is 32.2. The summed E-state index contributed by atoms with van der Waals surface area (Å²) in [6, 6.07) is 11.3. The molecule has 0 aliphatic heterocycles. The third-order valence-electron chi connectivity index (χ3n) is 4.78. The Morgan fingerprint density at radius 3 is 2.78 bits per heavy atom. The number of benzene rings is 1. The molecular weight excluding hydrogens is 364 g/mol. The van der Waals surface area contributed by atoms with E-state index in [1.54, 1.807) is 17.8 Å². The van der Waals surface area contributed by atoms with Crippen LogP contribution in [-0.2, 0) is 0 Å². The summed E-state index contributed by atoms with van der Waals surface area (Å²) in [6.07, 6.45) is 3.57. The minimum absolute atomic E-state index is 0.0705. The van der Waals surface area contributed by atoms with Crippen molar-refractivity contribution in [2.45, 2.75) is 37.0 Å². The molecule has 1 unspecified atom stereocenters. The van der Waals surface area contributed by atoms with Gasteiger partial charge in [0.05, 0.1) is 5.25 Å². The van der Waals surface area contributed by atoms with Crippen molar-refractivity contribution in [3.05, 3.63) is 53.9 Å². The van der Waals surface area contributed by atoms with Gasteiger partial charge in [-0.1, -0.05) is 35.5 Å². The van der Waals surface area contributed by atoms with Crippen LogP contribution in [0.2, 0.25) is 0 Å². The normalized spacial score (nSPS) is 20.1. The molecule has 3 aromatic rings. The molecule has 1 amide bonds. The van der Waals surface area contributed by atoms with Crippen LogP contribution < -0.4 is 5.32 Å². The molecule has 8 heteroatoms. The highest BCUT2D eigenvalue weighted by Gasteiger charge is 2.36. The van der Waals surface area contributed by atoms with E-state index in [0.717, 1.165) is 18.4 Å². The van der Waals surface area contributed by atoms with E-state index in [4.69, 9.17) is 8.94 Å². The van der Waals surface area contributed by atoms with Crippen LogP contribution in [0.15, 0.2) is 45.3 Å². The second-order valence-corrected chi connectivity index (χ2v) is 7.82. The van der Waals surface area contributed by atoms with Gasteiger partial charge in [0.2, 0.25) is 17.5 Å². The van der Waals surface area contributed by atoms with Crippen LogP contribution in [0.5, 0.6) is 0 Å². The standard InChI is InChI=1S/C19H20N4O3S/c1-11(27-2)18-21-22-19(25-18)13-8-14(9-13)20-17(24)16-10-15(23-26-16)12-6-4-3-5-7-12/h3-7,10-11,13-14H,8-9H2,1-2H3,(H,20,24)/t11?,13-,14-. The Hall–Kier alpha value is -2.61. The average Bonchev–Trinajstić information content (AvgIpc) is 3.34. The molecule has 1 aliphatic carbocycles. The number of aromatic nitrogens is 3. The van der Waals surface area contributed by atoms with Gasteiger partial charge in [-0.3, -0.25) is 4.79 Å². The van der Waals surface area contributed by atoms with Gasteiger partial charge >= 0.3 is 0 Å². The number of nitrogens with zero attached hydrogens (tertiary/aromatic N) is 3. The molecule has 0 saturated heterocycles. The highest BCUT2D eigenvalue weighted by Crippen LogP contribution is 2.37. The lowest BCUT2D eigenvalue weighted by atomic mass is 9.80. The number of hydrogen-bond acceptors (Lipinski definition) is 7. The smallest absolute Gasteiger partial charge is 0.290 e. The summed E-state index contributed by atoms with van der Waals surface area (Å²) in [6.45, 7) is 2.03. The molecule has 1 atom stereocenters. The minimum atomic E-state index is -0.254. The van der Waals surface area contributed by atoms with Crippen molar-refractivity contribution >= 4 is 17.7 Å². The lowest BCUT2D eigenvalue weighted by Crippen LogP contribution is -2.43. The average molecular weight is 384 g/mol. The first kappa shape index (κ1) is 17.8. The SMILES string of the molecule is CSC(C)c1nnc([C@H]2C[C@H](NC(=O)c3cc(-c4ccccc4)no3)C2)o1. The van der Waals surface area contributed by atoms with Crippen molar-refractivity contribution in [3.8, 4) is 11.3 Å². The zero-order chi connectivity index (χ0) is 18.8. The molecule has 140 valence electrons. The third kappa shape index (κ3) is 3.75. The Kier molecular flexibility index (Phi) is 4.98. The maximum absolute atomic E-state index is 12.4. The maximum Gasteiger partial charge on any atom is 0.290 e. The zero-order valence-electron chi connectivity index (χ0n) is 15.1. The number of thioether (sulfide) groups is 1. The van der Waals surface area contributed by atoms with Gasteiger partial charge in [0.15, 0.2) is 0 Å². The van der Waals surface area contributed by atoms with Crippen molar-refractivity contribution in [1.82, 2.24) is 20.7 Å². The Morgan fingerprint density at radius 2 is 2.04 bits per heavy atom. The van der Waals surface area contributed by atoms with Gasteiger partial charge in [-0.15, -0.1) is 10.2 Å². The summed E-state index contributed by atoms with van der Waals surface area (Å²) in [7, 11) is 0. The number of hydrogen-bond donors (Lipinski definition) is 1. The predicted octanol–water partition coefficient (Wildman–Crippen LogP) is 3.82. The van der Waals surface area contributed by atoms with E-state index in [9.17, 15) is 4.79 Å². The Morgan fingerprint density at radius 1 is 1.26 bits per heavy atom. The molecule has 7 nitrogen and oxygen atoms in total. The fourth-order valence-electron chi connectivity index (χ4n) is 3.00. The molecule has 1 N–H and O–H groups in total. The number of rotatable bonds is 6. The molecule has 0 radical (unpaired) electrons. The van der Waals surface area contributed by atoms with Crippen molar-refractivity contribution in [2.75, 3.05) is 6.26 Å². The van der Waals surface area contributed by atoms with E-state index in [1.807, 2.05) is 43.5 Å². The molecule has 0 spiro atoms. The summed E-state index contributed by atoms with van der Waals surface area (Å²) < 4.78 is 10.9. The molecule has 1 aromatic carbocycles. The molecule has 27 heavy (non-hydrogen) atoms. The lowest BCUT2D eigenvalue weighted by molar-refractivity contribution is 0.0865. The van der Waals surface area contributed by atoms with E-state index >= 15 is 0 Å². The van der Waals surface area contributed by atoms with Gasteiger partial charge in [-0.2, -0.15) is 11.8 Å². The molecule has 4 rings (SSSR count). The number of amides is 1. The molecular formula is C19H20N4O3S. The van der Waals surface area contributed by atoms with Crippen molar-refractivity contribution < 1.29 is 13.7 Å². The summed E-state index contributed by atoms with van der Waals surface area (Å²) in [4.78, 5) is 12.4. The minimum Gasteiger partial charge on any atom is -0.424 e. The van der Waals surface area contributed by atoms with Crippen LogP contribution in [0.3, 0.4) is 0 Å². The van der Waals surface area contributed by atoms with E-state index in [1.165, 1.54) is 0 Å². The van der Waals surface area contributed by atoms with Gasteiger partial charge in [-0.05, 0) is 26.0 Å². The van der Waals surface area contributed by atoms with Gasteiger partial charge < -0.3 is 14.3 Å². The summed E-state index contributed by atoms with van der Waals surface area (Å²) >= 11 is 1.67. The molecule has 2 aromatic heterocycles. The molecule has 1 saturated carbocycles.